The fourth-order valence-corrected chi connectivity index (χ4v) is 3.62. The van der Waals surface area contributed by atoms with Gasteiger partial charge in [0.2, 0.25) is 0 Å². The van der Waals surface area contributed by atoms with Crippen LogP contribution in [0.15, 0.2) is 18.3 Å². The third-order valence-electron chi connectivity index (χ3n) is 4.65. The molecule has 138 valence electrons. The Bertz CT molecular complexity index is 736. The van der Waals surface area contributed by atoms with E-state index in [2.05, 4.69) is 4.98 Å². The average molecular weight is 357 g/mol. The van der Waals surface area contributed by atoms with Crippen LogP contribution in [0.4, 0.5) is 4.79 Å². The minimum Gasteiger partial charge on any atom is -0.444 e. The van der Waals surface area contributed by atoms with Crippen molar-refractivity contribution in [3.63, 3.8) is 0 Å². The summed E-state index contributed by atoms with van der Waals surface area (Å²) in [5, 5.41) is 8.98. The minimum absolute atomic E-state index is 0.00959. The second kappa shape index (κ2) is 7.04. The molecule has 2 atom stereocenters. The molecular weight excluding hydrogens is 334 g/mol. The van der Waals surface area contributed by atoms with Crippen molar-refractivity contribution in [1.82, 2.24) is 9.88 Å². The fourth-order valence-electron chi connectivity index (χ4n) is 3.62. The molecule has 0 saturated carbocycles. The first kappa shape index (κ1) is 18.3. The highest BCUT2D eigenvalue weighted by Gasteiger charge is 2.45. The highest BCUT2D eigenvalue weighted by molar-refractivity contribution is 5.98. The van der Waals surface area contributed by atoms with Crippen molar-refractivity contribution in [3.8, 4) is 6.07 Å². The number of fused-ring (bicyclic) bond motifs is 2. The summed E-state index contributed by atoms with van der Waals surface area (Å²) in [5.74, 6) is -0.217. The number of rotatable bonds is 2. The summed E-state index contributed by atoms with van der Waals surface area (Å²) >= 11 is 0. The van der Waals surface area contributed by atoms with Gasteiger partial charge in [-0.1, -0.05) is 0 Å². The molecule has 1 aromatic rings. The summed E-state index contributed by atoms with van der Waals surface area (Å²) in [7, 11) is 0. The lowest BCUT2D eigenvalue weighted by atomic mass is 9.81. The van der Waals surface area contributed by atoms with Crippen LogP contribution in [0.25, 0.3) is 0 Å². The lowest BCUT2D eigenvalue weighted by molar-refractivity contribution is -0.0861. The third-order valence-corrected chi connectivity index (χ3v) is 4.65. The second-order valence-corrected chi connectivity index (χ2v) is 7.81. The number of carbonyl (C=O) groups excluding carboxylic acids is 2. The molecule has 0 radical (unpaired) electrons. The Labute approximate surface area is 152 Å². The number of hydrogen-bond donors (Lipinski definition) is 0. The Balaban J connectivity index is 1.76. The first-order valence-corrected chi connectivity index (χ1v) is 8.78. The van der Waals surface area contributed by atoms with Crippen molar-refractivity contribution < 1.29 is 19.1 Å². The zero-order valence-corrected chi connectivity index (χ0v) is 15.3. The quantitative estimate of drug-likeness (QED) is 0.755. The van der Waals surface area contributed by atoms with Gasteiger partial charge in [0.25, 0.3) is 0 Å². The molecule has 0 aromatic carbocycles. The number of nitriles is 1. The van der Waals surface area contributed by atoms with Crippen LogP contribution in [-0.4, -0.2) is 52.7 Å². The summed E-state index contributed by atoms with van der Waals surface area (Å²) < 4.78 is 11.1. The van der Waals surface area contributed by atoms with Gasteiger partial charge in [-0.25, -0.2) is 9.78 Å². The Morgan fingerprint density at radius 1 is 1.31 bits per heavy atom. The summed E-state index contributed by atoms with van der Waals surface area (Å²) in [6.45, 7) is 6.32. The molecule has 7 heteroatoms. The molecule has 1 amide bonds. The molecule has 2 saturated heterocycles. The number of ketones is 1. The number of carbonyl (C=O) groups is 2. The number of piperidine rings is 1. The summed E-state index contributed by atoms with van der Waals surface area (Å²) in [6, 6.07) is 4.76. The molecule has 2 unspecified atom stereocenters. The zero-order chi connectivity index (χ0) is 18.9. The van der Waals surface area contributed by atoms with Crippen molar-refractivity contribution in [1.29, 1.82) is 5.26 Å². The normalized spacial score (nSPS) is 25.3. The largest absolute Gasteiger partial charge is 0.444 e. The number of morpholine rings is 1. The predicted octanol–water partition coefficient (Wildman–Crippen LogP) is 2.55. The number of hydrogen-bond acceptors (Lipinski definition) is 6. The molecule has 26 heavy (non-hydrogen) atoms. The molecule has 0 aliphatic carbocycles. The van der Waals surface area contributed by atoms with E-state index in [-0.39, 0.29) is 35.6 Å². The van der Waals surface area contributed by atoms with Gasteiger partial charge in [0, 0.05) is 17.7 Å². The molecular formula is C19H23N3O4. The second-order valence-electron chi connectivity index (χ2n) is 7.81. The third kappa shape index (κ3) is 3.86. The van der Waals surface area contributed by atoms with Gasteiger partial charge in [0.1, 0.15) is 17.4 Å². The number of Topliss-reactive ketones (excluding diaryl/α,β-unsaturated/α-hetero) is 1. The van der Waals surface area contributed by atoms with Crippen molar-refractivity contribution in [2.45, 2.75) is 51.3 Å². The van der Waals surface area contributed by atoms with E-state index in [9.17, 15) is 9.59 Å². The monoisotopic (exact) mass is 357 g/mol. The molecule has 2 fully saturated rings. The van der Waals surface area contributed by atoms with Gasteiger partial charge < -0.3 is 9.47 Å². The Hall–Kier alpha value is -2.46. The average Bonchev–Trinajstić information content (AvgIpc) is 2.58. The van der Waals surface area contributed by atoms with Gasteiger partial charge in [-0.05, 0) is 45.7 Å². The van der Waals surface area contributed by atoms with Crippen LogP contribution in [0, 0.1) is 17.2 Å². The molecule has 0 spiro atoms. The molecule has 2 aliphatic rings. The zero-order valence-electron chi connectivity index (χ0n) is 15.3. The number of nitrogens with zero attached hydrogens (tertiary/aromatic N) is 3. The van der Waals surface area contributed by atoms with E-state index in [0.717, 1.165) is 0 Å². The minimum atomic E-state index is -0.566. The number of ether oxygens (including phenoxy) is 2. The molecule has 3 heterocycles. The smallest absolute Gasteiger partial charge is 0.410 e. The number of aromatic nitrogens is 1. The van der Waals surface area contributed by atoms with Gasteiger partial charge in [-0.2, -0.15) is 5.26 Å². The molecule has 2 bridgehead atoms. The fraction of sp³-hybridized carbons (Fsp3) is 0.579. The van der Waals surface area contributed by atoms with Crippen LogP contribution in [-0.2, 0) is 9.47 Å². The van der Waals surface area contributed by atoms with Crippen LogP contribution in [0.5, 0.6) is 0 Å². The lowest BCUT2D eigenvalue weighted by Crippen LogP contribution is -2.60. The molecule has 1 aromatic heterocycles. The first-order chi connectivity index (χ1) is 12.3. The summed E-state index contributed by atoms with van der Waals surface area (Å²) in [4.78, 5) is 31.1. The van der Waals surface area contributed by atoms with Crippen LogP contribution in [0.1, 0.15) is 49.7 Å². The molecule has 2 aliphatic heterocycles. The van der Waals surface area contributed by atoms with Gasteiger partial charge >= 0.3 is 6.09 Å². The van der Waals surface area contributed by atoms with Crippen molar-refractivity contribution >= 4 is 11.9 Å². The Kier molecular flexibility index (Phi) is 4.97. The Morgan fingerprint density at radius 2 is 1.96 bits per heavy atom. The number of pyridine rings is 1. The Morgan fingerprint density at radius 3 is 2.54 bits per heavy atom. The summed E-state index contributed by atoms with van der Waals surface area (Å²) in [5.41, 5.74) is 0.153. The molecule has 7 nitrogen and oxygen atoms in total. The van der Waals surface area contributed by atoms with Gasteiger partial charge in [0.05, 0.1) is 25.3 Å². The van der Waals surface area contributed by atoms with Crippen molar-refractivity contribution in [3.05, 3.63) is 29.6 Å². The van der Waals surface area contributed by atoms with Crippen molar-refractivity contribution in [2.24, 2.45) is 5.92 Å². The molecule has 3 rings (SSSR count). The van der Waals surface area contributed by atoms with Crippen LogP contribution < -0.4 is 0 Å². The van der Waals surface area contributed by atoms with Crippen LogP contribution in [0.3, 0.4) is 0 Å². The SMILES string of the molecule is CC(C)(C)OC(=O)N1C2COCC1CC(C(=O)c1ccnc(C#N)c1)C2. The van der Waals surface area contributed by atoms with E-state index >= 15 is 0 Å². The highest BCUT2D eigenvalue weighted by atomic mass is 16.6. The van der Waals surface area contributed by atoms with E-state index < -0.39 is 5.60 Å². The van der Waals surface area contributed by atoms with Crippen LogP contribution in [0.2, 0.25) is 0 Å². The van der Waals surface area contributed by atoms with Crippen molar-refractivity contribution in [2.75, 3.05) is 13.2 Å². The maximum absolute atomic E-state index is 12.9. The van der Waals surface area contributed by atoms with E-state index in [1.54, 1.807) is 11.0 Å². The summed E-state index contributed by atoms with van der Waals surface area (Å²) in [6.07, 6.45) is 2.18. The lowest BCUT2D eigenvalue weighted by Gasteiger charge is -2.47. The first-order valence-electron chi connectivity index (χ1n) is 8.78. The van der Waals surface area contributed by atoms with Crippen LogP contribution >= 0.6 is 0 Å². The number of amides is 1. The topological polar surface area (TPSA) is 92.5 Å². The van der Waals surface area contributed by atoms with Gasteiger partial charge in [-0.3, -0.25) is 9.69 Å². The van der Waals surface area contributed by atoms with Gasteiger partial charge in [-0.15, -0.1) is 0 Å². The maximum Gasteiger partial charge on any atom is 0.410 e. The van der Waals surface area contributed by atoms with Gasteiger partial charge in [0.15, 0.2) is 5.78 Å². The molecule has 0 N–H and O–H groups in total. The predicted molar refractivity (Wildman–Crippen MR) is 92.5 cm³/mol. The van der Waals surface area contributed by atoms with E-state index in [0.29, 0.717) is 31.6 Å². The standard InChI is InChI=1S/C19H23N3O4/c1-19(2,3)26-18(24)22-15-7-13(8-16(22)11-25-10-15)17(23)12-4-5-21-14(6-12)9-20/h4-6,13,15-16H,7-8,10-11H2,1-3H3. The maximum atomic E-state index is 12.9. The van der Waals surface area contributed by atoms with E-state index in [1.807, 2.05) is 26.8 Å². The van der Waals surface area contributed by atoms with E-state index in [4.69, 9.17) is 14.7 Å². The highest BCUT2D eigenvalue weighted by Crippen LogP contribution is 2.34. The van der Waals surface area contributed by atoms with E-state index in [1.165, 1.54) is 12.3 Å².